The predicted molar refractivity (Wildman–Crippen MR) is 123 cm³/mol. The molecule has 1 fully saturated rings. The van der Waals surface area contributed by atoms with E-state index in [1.165, 1.54) is 15.6 Å². The summed E-state index contributed by atoms with van der Waals surface area (Å²) in [6.07, 6.45) is 2.73. The summed E-state index contributed by atoms with van der Waals surface area (Å²) in [5.74, 6) is -0.455. The summed E-state index contributed by atoms with van der Waals surface area (Å²) in [6.45, 7) is 6.95. The molecule has 0 radical (unpaired) electrons. The van der Waals surface area contributed by atoms with Crippen molar-refractivity contribution in [2.24, 2.45) is 10.9 Å². The van der Waals surface area contributed by atoms with Crippen LogP contribution in [-0.2, 0) is 21.4 Å². The molecule has 1 amide bonds. The Labute approximate surface area is 186 Å². The number of carbonyl (C=O) groups is 1. The second kappa shape index (κ2) is 8.90. The highest BCUT2D eigenvalue weighted by molar-refractivity contribution is 7.89. The van der Waals surface area contributed by atoms with Crippen molar-refractivity contribution in [3.63, 3.8) is 0 Å². The average molecular weight is 456 g/mol. The molecule has 31 heavy (non-hydrogen) atoms. The molecule has 1 aliphatic rings. The van der Waals surface area contributed by atoms with E-state index in [4.69, 9.17) is 0 Å². The van der Waals surface area contributed by atoms with E-state index in [2.05, 4.69) is 11.6 Å². The van der Waals surface area contributed by atoms with Crippen molar-refractivity contribution in [2.75, 3.05) is 13.1 Å². The van der Waals surface area contributed by atoms with Crippen LogP contribution in [0.25, 0.3) is 10.2 Å². The third-order valence-electron chi connectivity index (χ3n) is 5.57. The van der Waals surface area contributed by atoms with Gasteiger partial charge in [0.25, 0.3) is 5.91 Å². The summed E-state index contributed by atoms with van der Waals surface area (Å²) in [5, 5.41) is 0. The molecule has 1 aromatic heterocycles. The third kappa shape index (κ3) is 4.42. The summed E-state index contributed by atoms with van der Waals surface area (Å²) >= 11 is 1.48. The van der Waals surface area contributed by atoms with Crippen molar-refractivity contribution >= 4 is 37.5 Å². The number of sulfonamides is 1. The number of benzene rings is 2. The van der Waals surface area contributed by atoms with Gasteiger partial charge in [-0.15, -0.1) is 6.58 Å². The fourth-order valence-electron chi connectivity index (χ4n) is 3.80. The second-order valence-electron chi connectivity index (χ2n) is 7.69. The molecule has 8 heteroatoms. The number of aryl methyl sites for hydroxylation is 1. The van der Waals surface area contributed by atoms with Crippen molar-refractivity contribution in [3.8, 4) is 0 Å². The number of rotatable bonds is 5. The molecule has 0 atom stereocenters. The molecule has 0 bridgehead atoms. The van der Waals surface area contributed by atoms with Gasteiger partial charge in [-0.3, -0.25) is 4.79 Å². The highest BCUT2D eigenvalue weighted by atomic mass is 32.2. The number of aromatic nitrogens is 1. The Bertz CT molecular complexity index is 1280. The van der Waals surface area contributed by atoms with E-state index in [0.717, 1.165) is 15.8 Å². The molecule has 0 unspecified atom stereocenters. The van der Waals surface area contributed by atoms with Gasteiger partial charge in [0.15, 0.2) is 4.80 Å². The van der Waals surface area contributed by atoms with Gasteiger partial charge in [-0.1, -0.05) is 47.2 Å². The van der Waals surface area contributed by atoms with E-state index in [1.807, 2.05) is 35.8 Å². The molecule has 0 N–H and O–H groups in total. The maximum atomic E-state index is 12.9. The van der Waals surface area contributed by atoms with E-state index in [0.29, 0.717) is 42.2 Å². The monoisotopic (exact) mass is 455 g/mol. The number of thiazole rings is 1. The van der Waals surface area contributed by atoms with E-state index >= 15 is 0 Å². The Morgan fingerprint density at radius 1 is 1.16 bits per heavy atom. The van der Waals surface area contributed by atoms with Crippen LogP contribution < -0.4 is 4.80 Å². The van der Waals surface area contributed by atoms with Crippen LogP contribution in [0.2, 0.25) is 0 Å². The van der Waals surface area contributed by atoms with E-state index < -0.39 is 10.0 Å². The minimum Gasteiger partial charge on any atom is -0.313 e. The Balaban J connectivity index is 1.51. The summed E-state index contributed by atoms with van der Waals surface area (Å²) < 4.78 is 30.3. The van der Waals surface area contributed by atoms with Crippen LogP contribution in [0.4, 0.5) is 0 Å². The van der Waals surface area contributed by atoms with Crippen molar-refractivity contribution in [3.05, 3.63) is 71.6 Å². The minimum absolute atomic E-state index is 0.184. The second-order valence-corrected chi connectivity index (χ2v) is 10.6. The van der Waals surface area contributed by atoms with Gasteiger partial charge in [0, 0.05) is 25.6 Å². The number of carbonyl (C=O) groups excluding carboxylic acids is 1. The first-order chi connectivity index (χ1) is 14.9. The fraction of sp³-hybridized carbons (Fsp3) is 0.304. The zero-order chi connectivity index (χ0) is 22.0. The lowest BCUT2D eigenvalue weighted by atomic mass is 9.98. The van der Waals surface area contributed by atoms with Crippen molar-refractivity contribution < 1.29 is 13.2 Å². The van der Waals surface area contributed by atoms with Crippen molar-refractivity contribution in [1.29, 1.82) is 0 Å². The zero-order valence-corrected chi connectivity index (χ0v) is 19.0. The van der Waals surface area contributed by atoms with Crippen LogP contribution in [0.3, 0.4) is 0 Å². The first kappa shape index (κ1) is 21.7. The van der Waals surface area contributed by atoms with Crippen LogP contribution in [0.1, 0.15) is 18.4 Å². The lowest BCUT2D eigenvalue weighted by molar-refractivity contribution is -0.122. The normalized spacial score (nSPS) is 16.6. The molecule has 2 heterocycles. The standard InChI is InChI=1S/C23H25N3O3S2/c1-3-14-26-20-6-4-5-7-21(20)30-23(26)24-22(27)18-12-15-25(16-13-18)31(28,29)19-10-8-17(2)9-11-19/h3-11,18H,1,12-16H2,2H3. The SMILES string of the molecule is C=CCn1c(=NC(=O)C2CCN(S(=O)(=O)c3ccc(C)cc3)CC2)sc2ccccc21. The number of allylic oxidation sites excluding steroid dienone is 1. The van der Waals surface area contributed by atoms with Gasteiger partial charge in [0.2, 0.25) is 10.0 Å². The molecular weight excluding hydrogens is 430 g/mol. The van der Waals surface area contributed by atoms with Gasteiger partial charge in [-0.25, -0.2) is 8.42 Å². The fourth-order valence-corrected chi connectivity index (χ4v) is 6.31. The predicted octanol–water partition coefficient (Wildman–Crippen LogP) is 3.73. The molecule has 1 saturated heterocycles. The molecular formula is C23H25N3O3S2. The Morgan fingerprint density at radius 2 is 1.84 bits per heavy atom. The molecule has 1 aliphatic heterocycles. The lowest BCUT2D eigenvalue weighted by Gasteiger charge is -2.29. The largest absolute Gasteiger partial charge is 0.313 e. The van der Waals surface area contributed by atoms with Crippen LogP contribution in [-0.4, -0.2) is 36.3 Å². The van der Waals surface area contributed by atoms with Crippen LogP contribution in [0.15, 0.2) is 71.1 Å². The van der Waals surface area contributed by atoms with Gasteiger partial charge < -0.3 is 4.57 Å². The number of para-hydroxylation sites is 1. The molecule has 2 aromatic carbocycles. The van der Waals surface area contributed by atoms with Crippen LogP contribution >= 0.6 is 11.3 Å². The lowest BCUT2D eigenvalue weighted by Crippen LogP contribution is -2.40. The summed E-state index contributed by atoms with van der Waals surface area (Å²) in [4.78, 5) is 18.3. The molecule has 162 valence electrons. The van der Waals surface area contributed by atoms with Gasteiger partial charge in [0.05, 0.1) is 15.1 Å². The van der Waals surface area contributed by atoms with Gasteiger partial charge >= 0.3 is 0 Å². The number of fused-ring (bicyclic) bond motifs is 1. The highest BCUT2D eigenvalue weighted by Crippen LogP contribution is 2.25. The van der Waals surface area contributed by atoms with Crippen molar-refractivity contribution in [2.45, 2.75) is 31.2 Å². The number of amides is 1. The quantitative estimate of drug-likeness (QED) is 0.551. The van der Waals surface area contributed by atoms with Crippen molar-refractivity contribution in [1.82, 2.24) is 8.87 Å². The molecule has 3 aromatic rings. The summed E-state index contributed by atoms with van der Waals surface area (Å²) in [6, 6.07) is 14.8. The number of hydrogen-bond acceptors (Lipinski definition) is 4. The topological polar surface area (TPSA) is 71.7 Å². The molecule has 0 saturated carbocycles. The maximum Gasteiger partial charge on any atom is 0.251 e. The third-order valence-corrected chi connectivity index (χ3v) is 8.54. The van der Waals surface area contributed by atoms with Gasteiger partial charge in [-0.2, -0.15) is 9.30 Å². The molecule has 6 nitrogen and oxygen atoms in total. The van der Waals surface area contributed by atoms with E-state index in [9.17, 15) is 13.2 Å². The van der Waals surface area contributed by atoms with Gasteiger partial charge in [0.1, 0.15) is 0 Å². The maximum absolute atomic E-state index is 12.9. The zero-order valence-electron chi connectivity index (χ0n) is 17.4. The number of hydrogen-bond donors (Lipinski definition) is 0. The smallest absolute Gasteiger partial charge is 0.251 e. The first-order valence-electron chi connectivity index (χ1n) is 10.2. The van der Waals surface area contributed by atoms with Crippen LogP contribution in [0.5, 0.6) is 0 Å². The van der Waals surface area contributed by atoms with E-state index in [1.54, 1.807) is 30.3 Å². The Kier molecular flexibility index (Phi) is 6.22. The summed E-state index contributed by atoms with van der Waals surface area (Å²) in [5.41, 5.74) is 2.04. The summed E-state index contributed by atoms with van der Waals surface area (Å²) in [7, 11) is -3.54. The molecule has 0 spiro atoms. The average Bonchev–Trinajstić information content (AvgIpc) is 3.11. The Hall–Kier alpha value is -2.55. The molecule has 4 rings (SSSR count). The number of nitrogens with zero attached hydrogens (tertiary/aromatic N) is 3. The minimum atomic E-state index is -3.54. The number of piperidine rings is 1. The Morgan fingerprint density at radius 3 is 2.52 bits per heavy atom. The van der Waals surface area contributed by atoms with Crippen LogP contribution in [0, 0.1) is 12.8 Å². The van der Waals surface area contributed by atoms with E-state index in [-0.39, 0.29) is 11.8 Å². The van der Waals surface area contributed by atoms with Gasteiger partial charge in [-0.05, 0) is 44.0 Å². The first-order valence-corrected chi connectivity index (χ1v) is 12.5. The molecule has 0 aliphatic carbocycles. The highest BCUT2D eigenvalue weighted by Gasteiger charge is 2.32.